The number of ether oxygens (including phenoxy) is 1. The summed E-state index contributed by atoms with van der Waals surface area (Å²) in [7, 11) is 1.63. The molecular weight excluding hydrogens is 266 g/mol. The lowest BCUT2D eigenvalue weighted by atomic mass is 10.1. The van der Waals surface area contributed by atoms with Gasteiger partial charge in [0.2, 0.25) is 5.91 Å². The summed E-state index contributed by atoms with van der Waals surface area (Å²) in [5.41, 5.74) is 2.70. The van der Waals surface area contributed by atoms with Crippen LogP contribution in [0.2, 0.25) is 0 Å². The van der Waals surface area contributed by atoms with Crippen molar-refractivity contribution in [2.24, 2.45) is 5.92 Å². The number of hydrogen-bond acceptors (Lipinski definition) is 3. The van der Waals surface area contributed by atoms with Gasteiger partial charge in [0, 0.05) is 31.4 Å². The summed E-state index contributed by atoms with van der Waals surface area (Å²) in [6.45, 7) is 4.43. The van der Waals surface area contributed by atoms with Gasteiger partial charge in [0.1, 0.15) is 6.61 Å². The second kappa shape index (κ2) is 9.17. The van der Waals surface area contributed by atoms with E-state index in [1.807, 2.05) is 32.0 Å². The molecular formula is C17H23NO3. The Bertz CT molecular complexity index is 529. The predicted molar refractivity (Wildman–Crippen MR) is 84.1 cm³/mol. The molecule has 1 aromatic rings. The average molecular weight is 289 g/mol. The van der Waals surface area contributed by atoms with Crippen LogP contribution >= 0.6 is 0 Å². The van der Waals surface area contributed by atoms with E-state index in [9.17, 15) is 4.79 Å². The first kappa shape index (κ1) is 17.2. The van der Waals surface area contributed by atoms with Crippen LogP contribution in [0.3, 0.4) is 0 Å². The summed E-state index contributed by atoms with van der Waals surface area (Å²) >= 11 is 0. The van der Waals surface area contributed by atoms with E-state index in [0.717, 1.165) is 23.2 Å². The van der Waals surface area contributed by atoms with Crippen LogP contribution in [0.5, 0.6) is 0 Å². The van der Waals surface area contributed by atoms with Crippen LogP contribution in [0.1, 0.15) is 31.4 Å². The van der Waals surface area contributed by atoms with Crippen LogP contribution in [-0.4, -0.2) is 31.3 Å². The molecule has 0 bridgehead atoms. The zero-order valence-corrected chi connectivity index (χ0v) is 12.9. The van der Waals surface area contributed by atoms with Gasteiger partial charge in [0.25, 0.3) is 0 Å². The number of nitrogens with one attached hydrogen (secondary N) is 1. The third-order valence-corrected chi connectivity index (χ3v) is 3.06. The van der Waals surface area contributed by atoms with Crippen LogP contribution in [0, 0.1) is 17.8 Å². The Balaban J connectivity index is 2.76. The van der Waals surface area contributed by atoms with E-state index in [1.165, 1.54) is 0 Å². The maximum Gasteiger partial charge on any atom is 0.224 e. The lowest BCUT2D eigenvalue weighted by Crippen LogP contribution is -2.18. The van der Waals surface area contributed by atoms with Gasteiger partial charge >= 0.3 is 0 Å². The van der Waals surface area contributed by atoms with Crippen molar-refractivity contribution in [3.63, 3.8) is 0 Å². The molecule has 0 radical (unpaired) electrons. The van der Waals surface area contributed by atoms with Crippen molar-refractivity contribution in [1.29, 1.82) is 0 Å². The molecule has 4 heteroatoms. The monoisotopic (exact) mass is 289 g/mol. The Morgan fingerprint density at radius 3 is 2.86 bits per heavy atom. The van der Waals surface area contributed by atoms with Gasteiger partial charge in [-0.3, -0.25) is 4.79 Å². The highest BCUT2D eigenvalue weighted by atomic mass is 16.5. The van der Waals surface area contributed by atoms with E-state index >= 15 is 0 Å². The molecule has 1 amide bonds. The van der Waals surface area contributed by atoms with Gasteiger partial charge in [-0.1, -0.05) is 25.7 Å². The summed E-state index contributed by atoms with van der Waals surface area (Å²) in [6.07, 6.45) is 1.24. The number of methoxy groups -OCH3 is 1. The molecule has 1 rings (SSSR count). The molecule has 0 aliphatic heterocycles. The summed E-state index contributed by atoms with van der Waals surface area (Å²) in [5, 5.41) is 11.7. The maximum absolute atomic E-state index is 12.0. The average Bonchev–Trinajstić information content (AvgIpc) is 2.46. The zero-order chi connectivity index (χ0) is 15.7. The van der Waals surface area contributed by atoms with E-state index in [-0.39, 0.29) is 18.4 Å². The lowest BCUT2D eigenvalue weighted by molar-refractivity contribution is -0.117. The topological polar surface area (TPSA) is 58.6 Å². The summed E-state index contributed by atoms with van der Waals surface area (Å²) in [6, 6.07) is 5.64. The van der Waals surface area contributed by atoms with Gasteiger partial charge in [-0.25, -0.2) is 0 Å². The number of aliphatic hydroxyl groups is 1. The summed E-state index contributed by atoms with van der Waals surface area (Å²) < 4.78 is 5.04. The van der Waals surface area contributed by atoms with Crippen molar-refractivity contribution in [2.45, 2.75) is 26.7 Å². The number of rotatable bonds is 6. The van der Waals surface area contributed by atoms with Gasteiger partial charge in [0.15, 0.2) is 0 Å². The minimum absolute atomic E-state index is 0.0107. The molecule has 0 aliphatic rings. The van der Waals surface area contributed by atoms with Crippen molar-refractivity contribution >= 4 is 11.6 Å². The SMILES string of the molecule is CCc1cc(C#CCO)ccc1NC(=O)CC(C)COC. The molecule has 1 unspecified atom stereocenters. The third kappa shape index (κ3) is 5.99. The predicted octanol–water partition coefficient (Wildman–Crippen LogP) is 2.20. The second-order valence-electron chi connectivity index (χ2n) is 5.00. The Morgan fingerprint density at radius 2 is 2.24 bits per heavy atom. The van der Waals surface area contributed by atoms with E-state index in [0.29, 0.717) is 13.0 Å². The van der Waals surface area contributed by atoms with Gasteiger partial charge in [-0.15, -0.1) is 0 Å². The lowest BCUT2D eigenvalue weighted by Gasteiger charge is -2.13. The van der Waals surface area contributed by atoms with Crippen molar-refractivity contribution in [3.8, 4) is 11.8 Å². The Kier molecular flexibility index (Phi) is 7.52. The van der Waals surface area contributed by atoms with Crippen molar-refractivity contribution < 1.29 is 14.6 Å². The third-order valence-electron chi connectivity index (χ3n) is 3.06. The van der Waals surface area contributed by atoms with Gasteiger partial charge in [-0.05, 0) is 36.1 Å². The summed E-state index contributed by atoms with van der Waals surface area (Å²) in [5.74, 6) is 5.67. The van der Waals surface area contributed by atoms with Crippen LogP contribution in [0.4, 0.5) is 5.69 Å². The molecule has 1 aromatic carbocycles. The van der Waals surface area contributed by atoms with Crippen LogP contribution in [-0.2, 0) is 16.0 Å². The first-order chi connectivity index (χ1) is 10.1. The molecule has 1 atom stereocenters. The number of carbonyl (C=O) groups excluding carboxylic acids is 1. The number of benzene rings is 1. The number of aryl methyl sites for hydroxylation is 1. The minimum Gasteiger partial charge on any atom is -0.384 e. The second-order valence-corrected chi connectivity index (χ2v) is 5.00. The van der Waals surface area contributed by atoms with E-state index in [4.69, 9.17) is 9.84 Å². The molecule has 2 N–H and O–H groups in total. The number of carbonyl (C=O) groups is 1. The first-order valence-corrected chi connectivity index (χ1v) is 7.12. The molecule has 4 nitrogen and oxygen atoms in total. The van der Waals surface area contributed by atoms with Gasteiger partial charge in [-0.2, -0.15) is 0 Å². The van der Waals surface area contributed by atoms with Crippen LogP contribution < -0.4 is 5.32 Å². The van der Waals surface area contributed by atoms with Crippen molar-refractivity contribution in [2.75, 3.05) is 25.6 Å². The standard InChI is InChI=1S/C17H23NO3/c1-4-15-11-14(6-5-9-19)7-8-16(15)18-17(20)10-13(2)12-21-3/h7-8,11,13,19H,4,9-10,12H2,1-3H3,(H,18,20). The number of aliphatic hydroxyl groups excluding tert-OH is 1. The fourth-order valence-electron chi connectivity index (χ4n) is 2.09. The molecule has 0 saturated carbocycles. The Labute approximate surface area is 126 Å². The summed E-state index contributed by atoms with van der Waals surface area (Å²) in [4.78, 5) is 12.0. The maximum atomic E-state index is 12.0. The highest BCUT2D eigenvalue weighted by Crippen LogP contribution is 2.19. The first-order valence-electron chi connectivity index (χ1n) is 7.12. The normalized spacial score (nSPS) is 11.4. The minimum atomic E-state index is -0.155. The van der Waals surface area contributed by atoms with Crippen molar-refractivity contribution in [3.05, 3.63) is 29.3 Å². The molecule has 0 aromatic heterocycles. The van der Waals surface area contributed by atoms with Gasteiger partial charge < -0.3 is 15.2 Å². The highest BCUT2D eigenvalue weighted by Gasteiger charge is 2.11. The fraction of sp³-hybridized carbons (Fsp3) is 0.471. The van der Waals surface area contributed by atoms with Crippen molar-refractivity contribution in [1.82, 2.24) is 0 Å². The number of amides is 1. The van der Waals surface area contributed by atoms with Crippen LogP contribution in [0.15, 0.2) is 18.2 Å². The molecule has 0 aliphatic carbocycles. The molecule has 0 spiro atoms. The number of hydrogen-bond donors (Lipinski definition) is 2. The molecule has 0 fully saturated rings. The molecule has 0 saturated heterocycles. The fourth-order valence-corrected chi connectivity index (χ4v) is 2.09. The molecule has 114 valence electrons. The van der Waals surface area contributed by atoms with E-state index < -0.39 is 0 Å². The van der Waals surface area contributed by atoms with E-state index in [1.54, 1.807) is 7.11 Å². The molecule has 21 heavy (non-hydrogen) atoms. The number of anilines is 1. The smallest absolute Gasteiger partial charge is 0.224 e. The quantitative estimate of drug-likeness (QED) is 0.789. The Morgan fingerprint density at radius 1 is 1.48 bits per heavy atom. The van der Waals surface area contributed by atoms with Gasteiger partial charge in [0.05, 0.1) is 0 Å². The van der Waals surface area contributed by atoms with Crippen LogP contribution in [0.25, 0.3) is 0 Å². The van der Waals surface area contributed by atoms with E-state index in [2.05, 4.69) is 17.2 Å². The zero-order valence-electron chi connectivity index (χ0n) is 12.9. The molecule has 0 heterocycles. The largest absolute Gasteiger partial charge is 0.384 e. The Hall–Kier alpha value is -1.83. The highest BCUT2D eigenvalue weighted by molar-refractivity contribution is 5.91.